The standard InChI is InChI=1S/C16H22N4O2/c1-11-18-19-15(7-4-12-3-6-14(21)9-12)20(11)13-5-8-16(22-2)17-10-13/h5,8,10,12,14,21H,3-4,6-7,9H2,1-2H3/t12?,14-/m0/s1. The van der Waals surface area contributed by atoms with Gasteiger partial charge >= 0.3 is 0 Å². The largest absolute Gasteiger partial charge is 0.481 e. The first-order valence-corrected chi connectivity index (χ1v) is 7.76. The second kappa shape index (κ2) is 6.44. The zero-order valence-electron chi connectivity index (χ0n) is 13.1. The molecule has 0 aromatic carbocycles. The average Bonchev–Trinajstić information content (AvgIpc) is 3.11. The van der Waals surface area contributed by atoms with Crippen molar-refractivity contribution in [3.8, 4) is 11.6 Å². The lowest BCUT2D eigenvalue weighted by Crippen LogP contribution is -2.07. The van der Waals surface area contributed by atoms with Crippen LogP contribution in [0.4, 0.5) is 0 Å². The van der Waals surface area contributed by atoms with Gasteiger partial charge in [-0.1, -0.05) is 0 Å². The van der Waals surface area contributed by atoms with Crippen LogP contribution in [-0.2, 0) is 6.42 Å². The Labute approximate surface area is 130 Å². The van der Waals surface area contributed by atoms with Crippen LogP contribution in [0.2, 0.25) is 0 Å². The fourth-order valence-corrected chi connectivity index (χ4v) is 3.17. The monoisotopic (exact) mass is 302 g/mol. The normalized spacial score (nSPS) is 21.2. The highest BCUT2D eigenvalue weighted by Crippen LogP contribution is 2.29. The number of methoxy groups -OCH3 is 1. The van der Waals surface area contributed by atoms with E-state index in [4.69, 9.17) is 4.74 Å². The molecule has 0 spiro atoms. The quantitative estimate of drug-likeness (QED) is 0.915. The molecule has 2 atom stereocenters. The van der Waals surface area contributed by atoms with Gasteiger partial charge in [0.15, 0.2) is 0 Å². The van der Waals surface area contributed by atoms with Gasteiger partial charge in [-0.2, -0.15) is 0 Å². The fraction of sp³-hybridized carbons (Fsp3) is 0.562. The maximum Gasteiger partial charge on any atom is 0.213 e. The van der Waals surface area contributed by atoms with E-state index in [0.717, 1.165) is 49.4 Å². The first-order chi connectivity index (χ1) is 10.7. The summed E-state index contributed by atoms with van der Waals surface area (Å²) in [4.78, 5) is 4.25. The molecular weight excluding hydrogens is 280 g/mol. The van der Waals surface area contributed by atoms with Crippen molar-refractivity contribution in [1.29, 1.82) is 0 Å². The minimum Gasteiger partial charge on any atom is -0.481 e. The Morgan fingerprint density at radius 3 is 2.82 bits per heavy atom. The zero-order chi connectivity index (χ0) is 15.5. The van der Waals surface area contributed by atoms with Gasteiger partial charge in [-0.15, -0.1) is 10.2 Å². The Hall–Kier alpha value is -1.95. The molecule has 1 saturated carbocycles. The molecule has 0 aliphatic heterocycles. The summed E-state index contributed by atoms with van der Waals surface area (Å²) in [5.41, 5.74) is 0.949. The number of aliphatic hydroxyl groups excluding tert-OH is 1. The number of aryl methyl sites for hydroxylation is 2. The lowest BCUT2D eigenvalue weighted by atomic mass is 10.0. The summed E-state index contributed by atoms with van der Waals surface area (Å²) < 4.78 is 7.14. The third kappa shape index (κ3) is 3.11. The highest BCUT2D eigenvalue weighted by atomic mass is 16.5. The van der Waals surface area contributed by atoms with Gasteiger partial charge in [0, 0.05) is 12.5 Å². The maximum atomic E-state index is 9.63. The molecule has 6 nitrogen and oxygen atoms in total. The average molecular weight is 302 g/mol. The molecule has 2 aromatic heterocycles. The van der Waals surface area contributed by atoms with Gasteiger partial charge in [0.2, 0.25) is 5.88 Å². The van der Waals surface area contributed by atoms with Crippen molar-refractivity contribution >= 4 is 0 Å². The van der Waals surface area contributed by atoms with Crippen LogP contribution in [0.1, 0.15) is 37.3 Å². The van der Waals surface area contributed by atoms with E-state index in [9.17, 15) is 5.11 Å². The van der Waals surface area contributed by atoms with Crippen LogP contribution < -0.4 is 4.74 Å². The Morgan fingerprint density at radius 2 is 2.18 bits per heavy atom. The third-order valence-electron chi connectivity index (χ3n) is 4.37. The van der Waals surface area contributed by atoms with E-state index in [1.54, 1.807) is 13.3 Å². The summed E-state index contributed by atoms with van der Waals surface area (Å²) in [5, 5.41) is 18.1. The second-order valence-corrected chi connectivity index (χ2v) is 5.93. The molecule has 3 rings (SSSR count). The van der Waals surface area contributed by atoms with E-state index in [2.05, 4.69) is 15.2 Å². The second-order valence-electron chi connectivity index (χ2n) is 5.93. The highest BCUT2D eigenvalue weighted by molar-refractivity contribution is 5.33. The zero-order valence-corrected chi connectivity index (χ0v) is 13.1. The van der Waals surface area contributed by atoms with Gasteiger partial charge in [0.1, 0.15) is 11.6 Å². The Kier molecular flexibility index (Phi) is 4.38. The van der Waals surface area contributed by atoms with E-state index in [-0.39, 0.29) is 6.10 Å². The number of hydrogen-bond donors (Lipinski definition) is 1. The molecule has 0 radical (unpaired) electrons. The smallest absolute Gasteiger partial charge is 0.213 e. The van der Waals surface area contributed by atoms with Gasteiger partial charge in [0.25, 0.3) is 0 Å². The summed E-state index contributed by atoms with van der Waals surface area (Å²) in [6, 6.07) is 3.80. The molecule has 2 heterocycles. The summed E-state index contributed by atoms with van der Waals surface area (Å²) >= 11 is 0. The fourth-order valence-electron chi connectivity index (χ4n) is 3.17. The van der Waals surface area contributed by atoms with Crippen LogP contribution in [0.25, 0.3) is 5.69 Å². The van der Waals surface area contributed by atoms with E-state index in [1.165, 1.54) is 0 Å². The lowest BCUT2D eigenvalue weighted by Gasteiger charge is -2.11. The number of ether oxygens (including phenoxy) is 1. The van der Waals surface area contributed by atoms with Crippen LogP contribution in [0, 0.1) is 12.8 Å². The Balaban J connectivity index is 1.75. The number of aromatic nitrogens is 4. The van der Waals surface area contributed by atoms with Gasteiger partial charge in [-0.05, 0) is 44.6 Å². The van der Waals surface area contributed by atoms with Crippen LogP contribution in [0.5, 0.6) is 5.88 Å². The third-order valence-corrected chi connectivity index (χ3v) is 4.37. The van der Waals surface area contributed by atoms with Gasteiger partial charge in [-0.3, -0.25) is 4.57 Å². The lowest BCUT2D eigenvalue weighted by molar-refractivity contribution is 0.177. The number of aliphatic hydroxyl groups is 1. The number of rotatable bonds is 5. The molecule has 1 aliphatic carbocycles. The summed E-state index contributed by atoms with van der Waals surface area (Å²) in [6.07, 6.45) is 6.52. The summed E-state index contributed by atoms with van der Waals surface area (Å²) in [6.45, 7) is 1.94. The SMILES string of the molecule is COc1ccc(-n2c(C)nnc2CCC2CC[C@H](O)C2)cn1. The molecule has 2 aromatic rings. The first kappa shape index (κ1) is 15.0. The van der Waals surface area contributed by atoms with Crippen molar-refractivity contribution in [1.82, 2.24) is 19.7 Å². The van der Waals surface area contributed by atoms with Crippen LogP contribution in [-0.4, -0.2) is 38.1 Å². The maximum absolute atomic E-state index is 9.63. The van der Waals surface area contributed by atoms with Crippen molar-refractivity contribution in [3.05, 3.63) is 30.0 Å². The van der Waals surface area contributed by atoms with Gasteiger partial charge in [-0.25, -0.2) is 4.98 Å². The predicted octanol–water partition coefficient (Wildman–Crippen LogP) is 2.07. The topological polar surface area (TPSA) is 73.1 Å². The van der Waals surface area contributed by atoms with E-state index < -0.39 is 0 Å². The first-order valence-electron chi connectivity index (χ1n) is 7.76. The molecule has 118 valence electrons. The van der Waals surface area contributed by atoms with Crippen molar-refractivity contribution in [2.45, 2.75) is 45.1 Å². The molecule has 0 amide bonds. The van der Waals surface area contributed by atoms with E-state index >= 15 is 0 Å². The Morgan fingerprint density at radius 1 is 1.32 bits per heavy atom. The van der Waals surface area contributed by atoms with Crippen molar-refractivity contribution in [2.75, 3.05) is 7.11 Å². The molecular formula is C16H22N4O2. The predicted molar refractivity (Wildman–Crippen MR) is 82.1 cm³/mol. The highest BCUT2D eigenvalue weighted by Gasteiger charge is 2.23. The Bertz CT molecular complexity index is 624. The minimum atomic E-state index is -0.115. The molecule has 1 aliphatic rings. The minimum absolute atomic E-state index is 0.115. The number of hydrogen-bond acceptors (Lipinski definition) is 5. The van der Waals surface area contributed by atoms with Crippen LogP contribution in [0.3, 0.4) is 0 Å². The van der Waals surface area contributed by atoms with Crippen molar-refractivity contribution in [3.63, 3.8) is 0 Å². The van der Waals surface area contributed by atoms with Gasteiger partial charge < -0.3 is 9.84 Å². The van der Waals surface area contributed by atoms with Gasteiger partial charge in [0.05, 0.1) is 25.1 Å². The van der Waals surface area contributed by atoms with Crippen LogP contribution >= 0.6 is 0 Å². The molecule has 22 heavy (non-hydrogen) atoms. The molecule has 1 N–H and O–H groups in total. The molecule has 6 heteroatoms. The molecule has 0 saturated heterocycles. The van der Waals surface area contributed by atoms with Crippen molar-refractivity contribution in [2.24, 2.45) is 5.92 Å². The molecule has 1 unspecified atom stereocenters. The molecule has 0 bridgehead atoms. The van der Waals surface area contributed by atoms with E-state index in [0.29, 0.717) is 11.8 Å². The van der Waals surface area contributed by atoms with E-state index in [1.807, 2.05) is 23.6 Å². The molecule has 1 fully saturated rings. The number of nitrogens with zero attached hydrogens (tertiary/aromatic N) is 4. The van der Waals surface area contributed by atoms with Crippen LogP contribution in [0.15, 0.2) is 18.3 Å². The summed E-state index contributed by atoms with van der Waals surface area (Å²) in [5.74, 6) is 2.99. The number of pyridine rings is 1. The van der Waals surface area contributed by atoms with Crippen molar-refractivity contribution < 1.29 is 9.84 Å². The summed E-state index contributed by atoms with van der Waals surface area (Å²) in [7, 11) is 1.60.